The minimum absolute atomic E-state index is 0.0129. The lowest BCUT2D eigenvalue weighted by atomic mass is 9.95. The van der Waals surface area contributed by atoms with Gasteiger partial charge in [-0.15, -0.1) is 0 Å². The Kier molecular flexibility index (Phi) is 9.74. The van der Waals surface area contributed by atoms with E-state index in [0.29, 0.717) is 24.3 Å². The summed E-state index contributed by atoms with van der Waals surface area (Å²) in [7, 11) is 1.37. The van der Waals surface area contributed by atoms with Gasteiger partial charge in [-0.25, -0.2) is 9.59 Å². The van der Waals surface area contributed by atoms with Crippen LogP contribution in [0, 0.1) is 0 Å². The van der Waals surface area contributed by atoms with Crippen LogP contribution in [0.15, 0.2) is 72.9 Å². The lowest BCUT2D eigenvalue weighted by Gasteiger charge is -2.39. The molecule has 2 aliphatic heterocycles. The van der Waals surface area contributed by atoms with E-state index in [9.17, 15) is 14.4 Å². The number of nitrogens with zero attached hydrogens (tertiary/aromatic N) is 4. The summed E-state index contributed by atoms with van der Waals surface area (Å²) >= 11 is 0. The predicted molar refractivity (Wildman–Crippen MR) is 171 cm³/mol. The third kappa shape index (κ3) is 7.36. The molecule has 2 aromatic carbocycles. The molecule has 0 bridgehead atoms. The fourth-order valence-corrected chi connectivity index (χ4v) is 7.01. The third-order valence-electron chi connectivity index (χ3n) is 9.51. The number of aromatic nitrogens is 1. The van der Waals surface area contributed by atoms with Gasteiger partial charge in [-0.2, -0.15) is 0 Å². The van der Waals surface area contributed by atoms with E-state index >= 15 is 0 Å². The molecule has 0 radical (unpaired) electrons. The molecule has 0 unspecified atom stereocenters. The molecule has 45 heavy (non-hydrogen) atoms. The van der Waals surface area contributed by atoms with Crippen molar-refractivity contribution >= 4 is 17.9 Å². The minimum atomic E-state index is -0.369. The Morgan fingerprint density at radius 3 is 2.24 bits per heavy atom. The van der Waals surface area contributed by atoms with E-state index in [-0.39, 0.29) is 36.0 Å². The second-order valence-corrected chi connectivity index (χ2v) is 12.6. The van der Waals surface area contributed by atoms with Crippen LogP contribution in [0.5, 0.6) is 0 Å². The van der Waals surface area contributed by atoms with E-state index in [1.807, 2.05) is 53.6 Å². The highest BCUT2D eigenvalue weighted by Gasteiger charge is 2.42. The second-order valence-electron chi connectivity index (χ2n) is 12.6. The monoisotopic (exact) mass is 609 g/mol. The number of pyridine rings is 1. The van der Waals surface area contributed by atoms with Crippen molar-refractivity contribution in [2.45, 2.75) is 76.2 Å². The van der Waals surface area contributed by atoms with Gasteiger partial charge in [0.2, 0.25) is 0 Å². The van der Waals surface area contributed by atoms with E-state index in [1.54, 1.807) is 12.1 Å². The van der Waals surface area contributed by atoms with Crippen molar-refractivity contribution in [2.24, 2.45) is 0 Å². The summed E-state index contributed by atoms with van der Waals surface area (Å²) in [6.07, 6.45) is 9.34. The van der Waals surface area contributed by atoms with Gasteiger partial charge in [0.1, 0.15) is 5.69 Å². The van der Waals surface area contributed by atoms with Crippen LogP contribution in [0.25, 0.3) is 0 Å². The molecule has 1 aliphatic carbocycles. The Bertz CT molecular complexity index is 1450. The Hall–Kier alpha value is -4.24. The molecule has 2 saturated heterocycles. The number of benzene rings is 2. The number of urea groups is 1. The van der Waals surface area contributed by atoms with Crippen LogP contribution in [-0.4, -0.2) is 76.4 Å². The highest BCUT2D eigenvalue weighted by atomic mass is 16.5. The number of hydrogen-bond acceptors (Lipinski definition) is 6. The van der Waals surface area contributed by atoms with Crippen molar-refractivity contribution in [2.75, 3.05) is 26.7 Å². The third-order valence-corrected chi connectivity index (χ3v) is 9.51. The van der Waals surface area contributed by atoms with E-state index in [0.717, 1.165) is 62.0 Å². The lowest BCUT2D eigenvalue weighted by Crippen LogP contribution is -2.47. The topological polar surface area (TPSA) is 95.1 Å². The number of piperidine rings is 1. The molecule has 1 aromatic heterocycles. The average molecular weight is 610 g/mol. The summed E-state index contributed by atoms with van der Waals surface area (Å²) in [5.74, 6) is -0.448. The maximum atomic E-state index is 13.9. The zero-order valence-corrected chi connectivity index (χ0v) is 26.1. The number of rotatable bonds is 9. The van der Waals surface area contributed by atoms with E-state index < -0.39 is 0 Å². The van der Waals surface area contributed by atoms with Gasteiger partial charge in [-0.05, 0) is 60.6 Å². The number of amides is 3. The number of hydrogen-bond donors (Lipinski definition) is 1. The van der Waals surface area contributed by atoms with Crippen LogP contribution < -0.4 is 5.32 Å². The van der Waals surface area contributed by atoms with Gasteiger partial charge in [0, 0.05) is 51.0 Å². The Morgan fingerprint density at radius 1 is 0.867 bits per heavy atom. The van der Waals surface area contributed by atoms with Gasteiger partial charge in [0.05, 0.1) is 18.7 Å². The van der Waals surface area contributed by atoms with Crippen LogP contribution in [0.1, 0.15) is 88.5 Å². The van der Waals surface area contributed by atoms with Crippen molar-refractivity contribution in [1.82, 2.24) is 25.0 Å². The van der Waals surface area contributed by atoms with Crippen molar-refractivity contribution in [3.63, 3.8) is 0 Å². The summed E-state index contributed by atoms with van der Waals surface area (Å²) in [4.78, 5) is 49.4. The smallest absolute Gasteiger partial charge is 0.337 e. The number of nitrogens with one attached hydrogen (secondary N) is 1. The Morgan fingerprint density at radius 2 is 1.58 bits per heavy atom. The molecular formula is C36H43N5O4. The highest BCUT2D eigenvalue weighted by Crippen LogP contribution is 2.35. The molecule has 3 aromatic rings. The largest absolute Gasteiger partial charge is 0.465 e. The molecule has 1 atom stereocenters. The minimum Gasteiger partial charge on any atom is -0.465 e. The van der Waals surface area contributed by atoms with Gasteiger partial charge >= 0.3 is 12.0 Å². The number of carbonyl (C=O) groups is 3. The first kappa shape index (κ1) is 30.8. The number of carbonyl (C=O) groups excluding carboxylic acids is 3. The maximum absolute atomic E-state index is 13.9. The zero-order valence-electron chi connectivity index (χ0n) is 26.1. The van der Waals surface area contributed by atoms with Crippen LogP contribution in [0.4, 0.5) is 4.79 Å². The van der Waals surface area contributed by atoms with E-state index in [2.05, 4.69) is 32.2 Å². The van der Waals surface area contributed by atoms with Crippen molar-refractivity contribution in [1.29, 1.82) is 0 Å². The SMILES string of the molecule is COC(=O)c1ccc(CN2C[C@@H](c3ccccc3)N(C3CCN(Cc4ccc(C(=O)NC5CCCCC5)nc4)CC3)C2=O)cc1. The fraction of sp³-hybridized carbons (Fsp3) is 0.444. The molecular weight excluding hydrogens is 566 g/mol. The average Bonchev–Trinajstić information content (AvgIpc) is 3.41. The molecule has 1 saturated carbocycles. The first-order valence-corrected chi connectivity index (χ1v) is 16.3. The maximum Gasteiger partial charge on any atom is 0.337 e. The molecule has 3 amide bonds. The van der Waals surface area contributed by atoms with E-state index in [1.165, 1.54) is 26.4 Å². The Labute approximate surface area is 265 Å². The van der Waals surface area contributed by atoms with Crippen LogP contribution in [-0.2, 0) is 17.8 Å². The number of esters is 1. The van der Waals surface area contributed by atoms with Crippen LogP contribution >= 0.6 is 0 Å². The van der Waals surface area contributed by atoms with Gasteiger partial charge in [0.15, 0.2) is 0 Å². The van der Waals surface area contributed by atoms with Gasteiger partial charge in [-0.1, -0.05) is 67.8 Å². The number of likely N-dealkylation sites (tertiary alicyclic amines) is 1. The predicted octanol–water partition coefficient (Wildman–Crippen LogP) is 5.57. The van der Waals surface area contributed by atoms with Crippen molar-refractivity contribution < 1.29 is 19.1 Å². The van der Waals surface area contributed by atoms with Crippen LogP contribution in [0.2, 0.25) is 0 Å². The van der Waals surface area contributed by atoms with Gasteiger partial charge in [-0.3, -0.25) is 14.7 Å². The van der Waals surface area contributed by atoms with Gasteiger partial charge in [0.25, 0.3) is 5.91 Å². The molecule has 236 valence electrons. The molecule has 3 fully saturated rings. The first-order valence-electron chi connectivity index (χ1n) is 16.3. The Balaban J connectivity index is 1.06. The summed E-state index contributed by atoms with van der Waals surface area (Å²) in [6, 6.07) is 21.9. The number of ether oxygens (including phenoxy) is 1. The molecule has 9 nitrogen and oxygen atoms in total. The fourth-order valence-electron chi connectivity index (χ4n) is 7.01. The molecule has 1 N–H and O–H groups in total. The standard InChI is InChI=1S/C36H43N5O4/c1-45-35(43)29-15-12-26(13-16-29)24-40-25-33(28-8-4-2-5-9-28)41(36(40)44)31-18-20-39(21-19-31)23-27-14-17-32(37-22-27)34(42)38-30-10-6-3-7-11-30/h2,4-5,8-9,12-17,22,30-31,33H,3,6-7,10-11,18-21,23-25H2,1H3,(H,38,42)/t33-/m0/s1. The molecule has 3 aliphatic rings. The number of methoxy groups -OCH3 is 1. The normalized spacial score (nSPS) is 19.9. The van der Waals surface area contributed by atoms with Crippen molar-refractivity contribution in [3.05, 3.63) is 101 Å². The lowest BCUT2D eigenvalue weighted by molar-refractivity contribution is 0.0600. The van der Waals surface area contributed by atoms with Gasteiger partial charge < -0.3 is 19.9 Å². The molecule has 0 spiro atoms. The van der Waals surface area contributed by atoms with Crippen LogP contribution in [0.3, 0.4) is 0 Å². The summed E-state index contributed by atoms with van der Waals surface area (Å²) in [6.45, 7) is 3.65. The van der Waals surface area contributed by atoms with Crippen molar-refractivity contribution in [3.8, 4) is 0 Å². The highest BCUT2D eigenvalue weighted by molar-refractivity contribution is 5.92. The zero-order chi connectivity index (χ0) is 31.2. The second kappa shape index (κ2) is 14.2. The summed E-state index contributed by atoms with van der Waals surface area (Å²) < 4.78 is 4.82. The summed E-state index contributed by atoms with van der Waals surface area (Å²) in [5, 5.41) is 3.15. The molecule has 9 heteroatoms. The summed E-state index contributed by atoms with van der Waals surface area (Å²) in [5.41, 5.74) is 4.19. The quantitative estimate of drug-likeness (QED) is 0.319. The molecule has 6 rings (SSSR count). The van der Waals surface area contributed by atoms with E-state index in [4.69, 9.17) is 4.74 Å². The first-order chi connectivity index (χ1) is 22.0. The molecule has 3 heterocycles.